The SMILES string of the molecule is CN1CC(NC(=O)c2ccc(Cl)s2)CC(n2c(-c3ccccc3F)nc3cnc(-c4ncn[nH]4)cc32)C1. The molecule has 2 N–H and O–H groups in total. The number of likely N-dealkylation sites (N-methyl/N-ethyl adjacent to an activating group) is 1. The quantitative estimate of drug-likeness (QED) is 0.345. The smallest absolute Gasteiger partial charge is 0.261 e. The normalized spacial score (nSPS) is 18.4. The molecule has 6 rings (SSSR count). The summed E-state index contributed by atoms with van der Waals surface area (Å²) >= 11 is 7.28. The van der Waals surface area contributed by atoms with Crippen LogP contribution in [0, 0.1) is 5.82 Å². The Kier molecular flexibility index (Phi) is 6.19. The maximum atomic E-state index is 15.0. The van der Waals surface area contributed by atoms with Crippen LogP contribution in [0.25, 0.3) is 33.9 Å². The summed E-state index contributed by atoms with van der Waals surface area (Å²) in [6.45, 7) is 1.39. The highest BCUT2D eigenvalue weighted by Crippen LogP contribution is 2.34. The Morgan fingerprint density at radius 3 is 2.84 bits per heavy atom. The molecule has 12 heteroatoms. The van der Waals surface area contributed by atoms with Crippen LogP contribution in [-0.2, 0) is 0 Å². The number of carbonyl (C=O) groups is 1. The van der Waals surface area contributed by atoms with Crippen LogP contribution in [0.1, 0.15) is 22.1 Å². The van der Waals surface area contributed by atoms with Crippen molar-refractivity contribution in [2.75, 3.05) is 20.1 Å². The first-order valence-corrected chi connectivity index (χ1v) is 12.9. The number of aromatic amines is 1. The van der Waals surface area contributed by atoms with Gasteiger partial charge in [-0.2, -0.15) is 5.10 Å². The fourth-order valence-corrected chi connectivity index (χ4v) is 5.88. The standard InChI is InChI=1S/C25H22ClFN8OS/c1-34-11-14(31-25(36)21-6-7-22(26)37-21)8-15(12-34)35-20-9-18(23-29-13-30-33-23)28-10-19(20)32-24(35)16-4-2-3-5-17(16)27/h2-7,9-10,13-15H,8,11-12H2,1H3,(H,31,36)(H,29,30,33). The van der Waals surface area contributed by atoms with Gasteiger partial charge in [0.05, 0.1) is 32.5 Å². The second-order valence-electron chi connectivity index (χ2n) is 9.06. The number of amides is 1. The highest BCUT2D eigenvalue weighted by atomic mass is 35.5. The molecule has 9 nitrogen and oxygen atoms in total. The molecule has 2 unspecified atom stereocenters. The van der Waals surface area contributed by atoms with E-state index in [0.29, 0.717) is 57.1 Å². The fourth-order valence-electron chi connectivity index (χ4n) is 4.93. The van der Waals surface area contributed by atoms with E-state index in [1.165, 1.54) is 23.7 Å². The van der Waals surface area contributed by atoms with Crippen molar-refractivity contribution >= 4 is 39.9 Å². The summed E-state index contributed by atoms with van der Waals surface area (Å²) in [5.74, 6) is 0.534. The number of rotatable bonds is 5. The number of hydrogen-bond donors (Lipinski definition) is 2. The molecule has 1 fully saturated rings. The summed E-state index contributed by atoms with van der Waals surface area (Å²) in [5, 5.41) is 9.92. The Morgan fingerprint density at radius 2 is 2.08 bits per heavy atom. The number of piperidine rings is 1. The van der Waals surface area contributed by atoms with Crippen LogP contribution >= 0.6 is 22.9 Å². The van der Waals surface area contributed by atoms with E-state index in [2.05, 4.69) is 34.9 Å². The molecule has 0 spiro atoms. The molecular weight excluding hydrogens is 515 g/mol. The van der Waals surface area contributed by atoms with Crippen molar-refractivity contribution in [3.8, 4) is 22.9 Å². The molecule has 0 saturated carbocycles. The third-order valence-corrected chi connectivity index (χ3v) is 7.69. The molecule has 4 aromatic heterocycles. The number of carbonyl (C=O) groups excluding carboxylic acids is 1. The molecule has 1 saturated heterocycles. The van der Waals surface area contributed by atoms with Gasteiger partial charge >= 0.3 is 0 Å². The van der Waals surface area contributed by atoms with Crippen molar-refractivity contribution in [1.82, 2.24) is 39.9 Å². The third kappa shape index (κ3) is 4.61. The molecule has 0 radical (unpaired) electrons. The number of benzene rings is 1. The first kappa shape index (κ1) is 23.7. The zero-order valence-corrected chi connectivity index (χ0v) is 21.3. The molecule has 5 aromatic rings. The number of thiophene rings is 1. The van der Waals surface area contributed by atoms with Gasteiger partial charge in [0.25, 0.3) is 5.91 Å². The van der Waals surface area contributed by atoms with E-state index in [0.717, 1.165) is 5.52 Å². The van der Waals surface area contributed by atoms with Crippen LogP contribution in [0.3, 0.4) is 0 Å². The average molecular weight is 537 g/mol. The zero-order chi connectivity index (χ0) is 25.5. The number of nitrogens with one attached hydrogen (secondary N) is 2. The second-order valence-corrected chi connectivity index (χ2v) is 10.8. The van der Waals surface area contributed by atoms with E-state index in [1.54, 1.807) is 36.5 Å². The Morgan fingerprint density at radius 1 is 1.22 bits per heavy atom. The summed E-state index contributed by atoms with van der Waals surface area (Å²) < 4.78 is 17.6. The molecule has 1 aromatic carbocycles. The van der Waals surface area contributed by atoms with Crippen molar-refractivity contribution in [3.05, 3.63) is 70.0 Å². The van der Waals surface area contributed by atoms with Gasteiger partial charge in [0, 0.05) is 19.1 Å². The molecule has 1 amide bonds. The van der Waals surface area contributed by atoms with E-state index in [4.69, 9.17) is 16.6 Å². The van der Waals surface area contributed by atoms with Crippen LogP contribution in [0.5, 0.6) is 0 Å². The van der Waals surface area contributed by atoms with E-state index in [1.807, 2.05) is 13.1 Å². The molecular formula is C25H22ClFN8OS. The van der Waals surface area contributed by atoms with Gasteiger partial charge < -0.3 is 14.8 Å². The Balaban J connectivity index is 1.42. The zero-order valence-electron chi connectivity index (χ0n) is 19.7. The summed E-state index contributed by atoms with van der Waals surface area (Å²) in [4.78, 5) is 29.1. The van der Waals surface area contributed by atoms with Gasteiger partial charge in [0.1, 0.15) is 29.2 Å². The number of H-pyrrole nitrogens is 1. The predicted octanol–water partition coefficient (Wildman–Crippen LogP) is 4.41. The largest absolute Gasteiger partial charge is 0.347 e. The number of fused-ring (bicyclic) bond motifs is 1. The summed E-state index contributed by atoms with van der Waals surface area (Å²) in [7, 11) is 2.01. The molecule has 188 valence electrons. The molecule has 0 aliphatic carbocycles. The van der Waals surface area contributed by atoms with E-state index >= 15 is 0 Å². The third-order valence-electron chi connectivity index (χ3n) is 6.46. The van der Waals surface area contributed by atoms with E-state index in [-0.39, 0.29) is 23.8 Å². The van der Waals surface area contributed by atoms with Crippen molar-refractivity contribution < 1.29 is 9.18 Å². The van der Waals surface area contributed by atoms with Gasteiger partial charge in [-0.1, -0.05) is 23.7 Å². The van der Waals surface area contributed by atoms with Gasteiger partial charge in [-0.15, -0.1) is 11.3 Å². The molecule has 5 heterocycles. The van der Waals surface area contributed by atoms with Crippen molar-refractivity contribution in [1.29, 1.82) is 0 Å². The van der Waals surface area contributed by atoms with Crippen LogP contribution in [0.15, 0.2) is 55.0 Å². The second kappa shape index (κ2) is 9.66. The lowest BCUT2D eigenvalue weighted by molar-refractivity contribution is 0.0898. The van der Waals surface area contributed by atoms with Crippen LogP contribution in [0.2, 0.25) is 4.34 Å². The number of pyridine rings is 1. The maximum absolute atomic E-state index is 15.0. The highest BCUT2D eigenvalue weighted by Gasteiger charge is 2.31. The first-order chi connectivity index (χ1) is 18.0. The lowest BCUT2D eigenvalue weighted by Crippen LogP contribution is -2.49. The minimum Gasteiger partial charge on any atom is -0.347 e. The molecule has 0 bridgehead atoms. The van der Waals surface area contributed by atoms with Crippen LogP contribution < -0.4 is 5.32 Å². The van der Waals surface area contributed by atoms with Gasteiger partial charge in [0.15, 0.2) is 5.82 Å². The Bertz CT molecular complexity index is 1580. The topological polar surface area (TPSA) is 105 Å². The number of hydrogen-bond acceptors (Lipinski definition) is 7. The molecule has 37 heavy (non-hydrogen) atoms. The van der Waals surface area contributed by atoms with Crippen molar-refractivity contribution in [2.45, 2.75) is 18.5 Å². The lowest BCUT2D eigenvalue weighted by atomic mass is 10.00. The van der Waals surface area contributed by atoms with E-state index < -0.39 is 0 Å². The van der Waals surface area contributed by atoms with Crippen molar-refractivity contribution in [2.24, 2.45) is 0 Å². The number of aromatic nitrogens is 6. The number of imidazole rings is 1. The van der Waals surface area contributed by atoms with Gasteiger partial charge in [-0.3, -0.25) is 14.9 Å². The van der Waals surface area contributed by atoms with Gasteiger partial charge in [0.2, 0.25) is 0 Å². The Labute approximate surface area is 220 Å². The average Bonchev–Trinajstić information content (AvgIpc) is 3.63. The number of nitrogens with zero attached hydrogens (tertiary/aromatic N) is 6. The molecule has 1 aliphatic heterocycles. The Hall–Kier alpha value is -3.67. The van der Waals surface area contributed by atoms with Crippen LogP contribution in [0.4, 0.5) is 4.39 Å². The summed E-state index contributed by atoms with van der Waals surface area (Å²) in [6, 6.07) is 11.7. The molecule has 2 atom stereocenters. The number of likely N-dealkylation sites (tertiary alicyclic amines) is 1. The van der Waals surface area contributed by atoms with Crippen molar-refractivity contribution in [3.63, 3.8) is 0 Å². The minimum absolute atomic E-state index is 0.0967. The summed E-state index contributed by atoms with van der Waals surface area (Å²) in [5.41, 5.74) is 2.45. The van der Waals surface area contributed by atoms with E-state index in [9.17, 15) is 9.18 Å². The predicted molar refractivity (Wildman–Crippen MR) is 140 cm³/mol. The molecule has 1 aliphatic rings. The van der Waals surface area contributed by atoms with Crippen LogP contribution in [-0.4, -0.2) is 66.7 Å². The highest BCUT2D eigenvalue weighted by molar-refractivity contribution is 7.18. The monoisotopic (exact) mass is 536 g/mol. The lowest BCUT2D eigenvalue weighted by Gasteiger charge is -2.37. The fraction of sp³-hybridized carbons (Fsp3) is 0.240. The maximum Gasteiger partial charge on any atom is 0.261 e. The van der Waals surface area contributed by atoms with Gasteiger partial charge in [-0.25, -0.2) is 14.4 Å². The number of halogens is 2. The first-order valence-electron chi connectivity index (χ1n) is 11.7. The van der Waals surface area contributed by atoms with Gasteiger partial charge in [-0.05, 0) is 43.8 Å². The minimum atomic E-state index is -0.355. The summed E-state index contributed by atoms with van der Waals surface area (Å²) in [6.07, 6.45) is 3.73.